The van der Waals surface area contributed by atoms with Crippen molar-refractivity contribution in [1.29, 1.82) is 0 Å². The molecule has 0 aromatic heterocycles. The first-order valence-corrected chi connectivity index (χ1v) is 7.84. The molecule has 3 heteroatoms. The Hall–Kier alpha value is -1.80. The number of carbonyl (C=O) groups excluding carboxylic acids is 1. The summed E-state index contributed by atoms with van der Waals surface area (Å²) in [6.07, 6.45) is 0.854. The zero-order valence-corrected chi connectivity index (χ0v) is 14.0. The van der Waals surface area contributed by atoms with Crippen LogP contribution in [-0.2, 0) is 0 Å². The summed E-state index contributed by atoms with van der Waals surface area (Å²) in [5.74, 6) is -0.0511. The van der Waals surface area contributed by atoms with Gasteiger partial charge in [0.2, 0.25) is 0 Å². The highest BCUT2D eigenvalue weighted by Gasteiger charge is 2.22. The second kappa shape index (κ2) is 6.97. The molecule has 2 aromatic carbocycles. The Balaban J connectivity index is 2.21. The first-order chi connectivity index (χ1) is 10.3. The molecule has 0 aliphatic carbocycles. The van der Waals surface area contributed by atoms with Gasteiger partial charge in [-0.3, -0.25) is 4.79 Å². The molecule has 22 heavy (non-hydrogen) atoms. The first kappa shape index (κ1) is 16.6. The molecule has 0 aliphatic rings. The van der Waals surface area contributed by atoms with Gasteiger partial charge >= 0.3 is 0 Å². The van der Waals surface area contributed by atoms with Gasteiger partial charge in [0, 0.05) is 10.6 Å². The van der Waals surface area contributed by atoms with Gasteiger partial charge in [0.15, 0.2) is 0 Å². The second-order valence-electron chi connectivity index (χ2n) is 6.71. The third kappa shape index (κ3) is 4.88. The average molecular weight is 316 g/mol. The molecule has 1 N–H and O–H groups in total. The normalized spacial score (nSPS) is 12.7. The summed E-state index contributed by atoms with van der Waals surface area (Å²) in [7, 11) is 0. The van der Waals surface area contributed by atoms with Crippen molar-refractivity contribution >= 4 is 17.5 Å². The Kier molecular flexibility index (Phi) is 5.25. The fourth-order valence-electron chi connectivity index (χ4n) is 2.39. The molecule has 0 bridgehead atoms. The monoisotopic (exact) mass is 315 g/mol. The largest absolute Gasteiger partial charge is 0.345 e. The van der Waals surface area contributed by atoms with Crippen LogP contribution >= 0.6 is 11.6 Å². The minimum Gasteiger partial charge on any atom is -0.345 e. The van der Waals surface area contributed by atoms with Gasteiger partial charge in [-0.25, -0.2) is 0 Å². The molecular weight excluding hydrogens is 294 g/mol. The lowest BCUT2D eigenvalue weighted by Crippen LogP contribution is -2.31. The van der Waals surface area contributed by atoms with Crippen LogP contribution in [0.1, 0.15) is 49.2 Å². The van der Waals surface area contributed by atoms with Crippen LogP contribution < -0.4 is 5.32 Å². The van der Waals surface area contributed by atoms with Crippen molar-refractivity contribution in [1.82, 2.24) is 5.32 Å². The molecule has 0 fully saturated rings. The molecule has 2 aromatic rings. The fraction of sp³-hybridized carbons (Fsp3) is 0.316. The Morgan fingerprint density at radius 3 is 2.18 bits per heavy atom. The van der Waals surface area contributed by atoms with Gasteiger partial charge in [0.25, 0.3) is 5.91 Å². The fourth-order valence-corrected chi connectivity index (χ4v) is 2.52. The Morgan fingerprint density at radius 1 is 1.05 bits per heavy atom. The van der Waals surface area contributed by atoms with Gasteiger partial charge in [-0.1, -0.05) is 62.7 Å². The molecule has 0 heterocycles. The van der Waals surface area contributed by atoms with Crippen LogP contribution in [0.25, 0.3) is 0 Å². The summed E-state index contributed by atoms with van der Waals surface area (Å²) < 4.78 is 0. The highest BCUT2D eigenvalue weighted by atomic mass is 35.5. The molecule has 0 radical (unpaired) electrons. The first-order valence-electron chi connectivity index (χ1n) is 7.46. The topological polar surface area (TPSA) is 29.1 Å². The van der Waals surface area contributed by atoms with E-state index in [1.54, 1.807) is 0 Å². The molecule has 0 saturated carbocycles. The number of benzene rings is 2. The zero-order valence-electron chi connectivity index (χ0n) is 13.3. The third-order valence-corrected chi connectivity index (χ3v) is 3.68. The third-order valence-electron chi connectivity index (χ3n) is 3.43. The van der Waals surface area contributed by atoms with Crippen LogP contribution in [0.5, 0.6) is 0 Å². The van der Waals surface area contributed by atoms with Gasteiger partial charge < -0.3 is 5.32 Å². The van der Waals surface area contributed by atoms with Crippen molar-refractivity contribution in [3.63, 3.8) is 0 Å². The van der Waals surface area contributed by atoms with Crippen LogP contribution in [0.2, 0.25) is 5.02 Å². The highest BCUT2D eigenvalue weighted by Crippen LogP contribution is 2.30. The zero-order chi connectivity index (χ0) is 16.2. The quantitative estimate of drug-likeness (QED) is 0.820. The molecule has 1 atom stereocenters. The van der Waals surface area contributed by atoms with E-state index in [-0.39, 0.29) is 17.4 Å². The van der Waals surface area contributed by atoms with Crippen molar-refractivity contribution in [2.24, 2.45) is 5.41 Å². The van der Waals surface area contributed by atoms with Crippen molar-refractivity contribution in [3.8, 4) is 0 Å². The van der Waals surface area contributed by atoms with Gasteiger partial charge in [0.05, 0.1) is 6.04 Å². The van der Waals surface area contributed by atoms with E-state index in [2.05, 4.69) is 26.1 Å². The predicted molar refractivity (Wildman–Crippen MR) is 92.2 cm³/mol. The molecular formula is C19H22ClNO. The van der Waals surface area contributed by atoms with Gasteiger partial charge in [0.1, 0.15) is 0 Å². The van der Waals surface area contributed by atoms with Crippen LogP contribution in [0.4, 0.5) is 0 Å². The summed E-state index contributed by atoms with van der Waals surface area (Å²) in [6, 6.07) is 16.9. The number of halogens is 1. The van der Waals surface area contributed by atoms with E-state index in [0.29, 0.717) is 10.6 Å². The molecule has 0 saturated heterocycles. The standard InChI is InChI=1S/C19H22ClNO/c1-19(2,3)13-17(14-9-11-16(20)12-10-14)21-18(22)15-7-5-4-6-8-15/h4-12,17H,13H2,1-3H3,(H,21,22). The van der Waals surface area contributed by atoms with Crippen LogP contribution in [0.15, 0.2) is 54.6 Å². The average Bonchev–Trinajstić information content (AvgIpc) is 2.47. The number of carbonyl (C=O) groups is 1. The summed E-state index contributed by atoms with van der Waals surface area (Å²) in [5.41, 5.74) is 1.85. The van der Waals surface area contributed by atoms with Crippen molar-refractivity contribution in [3.05, 3.63) is 70.7 Å². The van der Waals surface area contributed by atoms with E-state index < -0.39 is 0 Å². The maximum Gasteiger partial charge on any atom is 0.251 e. The minimum atomic E-state index is -0.0511. The molecule has 116 valence electrons. The maximum atomic E-state index is 12.4. The van der Waals surface area contributed by atoms with Crippen molar-refractivity contribution < 1.29 is 4.79 Å². The number of hydrogen-bond donors (Lipinski definition) is 1. The lowest BCUT2D eigenvalue weighted by molar-refractivity contribution is 0.0926. The molecule has 0 spiro atoms. The summed E-state index contributed by atoms with van der Waals surface area (Å²) in [6.45, 7) is 6.51. The van der Waals surface area contributed by atoms with E-state index >= 15 is 0 Å². The van der Waals surface area contributed by atoms with Gasteiger partial charge in [-0.15, -0.1) is 0 Å². The number of rotatable bonds is 4. The van der Waals surface area contributed by atoms with Crippen LogP contribution in [0.3, 0.4) is 0 Å². The Bertz CT molecular complexity index is 614. The summed E-state index contributed by atoms with van der Waals surface area (Å²) in [5, 5.41) is 3.85. The summed E-state index contributed by atoms with van der Waals surface area (Å²) >= 11 is 5.96. The van der Waals surface area contributed by atoms with E-state index in [1.165, 1.54) is 0 Å². The highest BCUT2D eigenvalue weighted by molar-refractivity contribution is 6.30. The van der Waals surface area contributed by atoms with E-state index in [4.69, 9.17) is 11.6 Å². The van der Waals surface area contributed by atoms with E-state index in [0.717, 1.165) is 12.0 Å². The summed E-state index contributed by atoms with van der Waals surface area (Å²) in [4.78, 5) is 12.4. The van der Waals surface area contributed by atoms with Crippen LogP contribution in [0, 0.1) is 5.41 Å². The minimum absolute atomic E-state index is 0.0371. The predicted octanol–water partition coefficient (Wildman–Crippen LogP) is 5.25. The number of hydrogen-bond acceptors (Lipinski definition) is 1. The van der Waals surface area contributed by atoms with Gasteiger partial charge in [-0.05, 0) is 41.7 Å². The SMILES string of the molecule is CC(C)(C)CC(NC(=O)c1ccccc1)c1ccc(Cl)cc1. The molecule has 1 amide bonds. The lowest BCUT2D eigenvalue weighted by atomic mass is 9.85. The number of amides is 1. The maximum absolute atomic E-state index is 12.4. The smallest absolute Gasteiger partial charge is 0.251 e. The van der Waals surface area contributed by atoms with Crippen LogP contribution in [-0.4, -0.2) is 5.91 Å². The second-order valence-corrected chi connectivity index (χ2v) is 7.14. The lowest BCUT2D eigenvalue weighted by Gasteiger charge is -2.27. The Labute approximate surface area is 137 Å². The van der Waals surface area contributed by atoms with E-state index in [1.807, 2.05) is 54.6 Å². The number of nitrogens with one attached hydrogen (secondary N) is 1. The molecule has 2 rings (SSSR count). The molecule has 0 aliphatic heterocycles. The molecule has 1 unspecified atom stereocenters. The van der Waals surface area contributed by atoms with Gasteiger partial charge in [-0.2, -0.15) is 0 Å². The van der Waals surface area contributed by atoms with Crippen molar-refractivity contribution in [2.75, 3.05) is 0 Å². The van der Waals surface area contributed by atoms with Crippen molar-refractivity contribution in [2.45, 2.75) is 33.2 Å². The molecule has 2 nitrogen and oxygen atoms in total. The van der Waals surface area contributed by atoms with E-state index in [9.17, 15) is 4.79 Å². The Morgan fingerprint density at radius 2 is 1.64 bits per heavy atom.